The van der Waals surface area contributed by atoms with E-state index >= 15 is 0 Å². The van der Waals surface area contributed by atoms with E-state index in [4.69, 9.17) is 44.8 Å². The minimum atomic E-state index is -0.560. The monoisotopic (exact) mass is 360 g/mol. The topological polar surface area (TPSA) is 149 Å². The maximum absolute atomic E-state index is 8.36. The number of hydrogen-bond donors (Lipinski definition) is 6. The van der Waals surface area contributed by atoms with E-state index in [0.29, 0.717) is 39.6 Å². The van der Waals surface area contributed by atoms with Gasteiger partial charge in [0.2, 0.25) is 0 Å². The summed E-state index contributed by atoms with van der Waals surface area (Å²) in [5.74, 6) is 0. The van der Waals surface area contributed by atoms with Gasteiger partial charge >= 0.3 is 0 Å². The molecule has 0 aliphatic carbocycles. The first-order chi connectivity index (χ1) is 11.6. The molecule has 6 N–H and O–H groups in total. The summed E-state index contributed by atoms with van der Waals surface area (Å²) in [4.78, 5) is 0. The van der Waals surface area contributed by atoms with Crippen molar-refractivity contribution in [2.45, 2.75) is 25.9 Å². The van der Waals surface area contributed by atoms with Crippen LogP contribution in [0.5, 0.6) is 0 Å². The molecule has 0 rings (SSSR count). The summed E-state index contributed by atoms with van der Waals surface area (Å²) >= 11 is 0. The summed E-state index contributed by atoms with van der Waals surface area (Å²) in [6, 6.07) is 0. The highest BCUT2D eigenvalue weighted by molar-refractivity contribution is 4.34. The van der Waals surface area contributed by atoms with Crippen LogP contribution in [0.4, 0.5) is 0 Å². The smallest absolute Gasteiger partial charge is 0.0742 e. The molecule has 9 nitrogen and oxygen atoms in total. The molecule has 0 saturated carbocycles. The standard InChI is InChI=1S/C8H18O5.C4H10O2.C3H8O2/c9-1-3-11-5-7-13-8-6-12-4-2-10;5-3-1-2-4-6;1-3(5)2-4/h9-10H,1-8H2;5-6H,1-4H2;3-5H,2H2,1H3. The zero-order valence-corrected chi connectivity index (χ0v) is 14.7. The molecule has 0 radical (unpaired) electrons. The lowest BCUT2D eigenvalue weighted by Gasteiger charge is -2.04. The highest BCUT2D eigenvalue weighted by atomic mass is 16.5. The number of hydrogen-bond acceptors (Lipinski definition) is 9. The highest BCUT2D eigenvalue weighted by Gasteiger charge is 1.90. The van der Waals surface area contributed by atoms with Gasteiger partial charge in [-0.25, -0.2) is 0 Å². The molecule has 24 heavy (non-hydrogen) atoms. The first-order valence-corrected chi connectivity index (χ1v) is 8.06. The van der Waals surface area contributed by atoms with E-state index in [0.717, 1.165) is 12.8 Å². The highest BCUT2D eigenvalue weighted by Crippen LogP contribution is 1.81. The first kappa shape index (κ1) is 28.4. The number of rotatable bonds is 14. The Hall–Kier alpha value is -0.360. The third kappa shape index (κ3) is 43.0. The molecule has 150 valence electrons. The number of ether oxygens (including phenoxy) is 3. The Labute approximate surface area is 144 Å². The molecule has 9 heteroatoms. The summed E-state index contributed by atoms with van der Waals surface area (Å²) in [5.41, 5.74) is 0. The quantitative estimate of drug-likeness (QED) is 0.196. The van der Waals surface area contributed by atoms with E-state index in [2.05, 4.69) is 0 Å². The fourth-order valence-electron chi connectivity index (χ4n) is 0.895. The van der Waals surface area contributed by atoms with Crippen LogP contribution in [-0.4, -0.2) is 109 Å². The Morgan fingerprint density at radius 2 is 0.875 bits per heavy atom. The van der Waals surface area contributed by atoms with Gasteiger partial charge in [-0.15, -0.1) is 0 Å². The van der Waals surface area contributed by atoms with Gasteiger partial charge in [0.1, 0.15) is 0 Å². The Kier molecular flexibility index (Phi) is 36.2. The van der Waals surface area contributed by atoms with E-state index < -0.39 is 6.10 Å². The predicted molar refractivity (Wildman–Crippen MR) is 88.8 cm³/mol. The van der Waals surface area contributed by atoms with Gasteiger partial charge in [0.15, 0.2) is 0 Å². The van der Waals surface area contributed by atoms with Crippen LogP contribution in [0.2, 0.25) is 0 Å². The van der Waals surface area contributed by atoms with Crippen LogP contribution in [0.1, 0.15) is 19.8 Å². The minimum absolute atomic E-state index is 0.0413. The fourth-order valence-corrected chi connectivity index (χ4v) is 0.895. The molecule has 0 aliphatic heterocycles. The molecular formula is C15H36O9. The van der Waals surface area contributed by atoms with Gasteiger partial charge in [-0.3, -0.25) is 0 Å². The Morgan fingerprint density at radius 1 is 0.583 bits per heavy atom. The second kappa shape index (κ2) is 30.5. The van der Waals surface area contributed by atoms with E-state index in [1.807, 2.05) is 0 Å². The lowest BCUT2D eigenvalue weighted by atomic mass is 10.3. The van der Waals surface area contributed by atoms with E-state index in [1.165, 1.54) is 6.92 Å². The van der Waals surface area contributed by atoms with Crippen LogP contribution in [0.25, 0.3) is 0 Å². The zero-order chi connectivity index (χ0) is 18.9. The Bertz CT molecular complexity index is 168. The van der Waals surface area contributed by atoms with Crippen molar-refractivity contribution < 1.29 is 44.8 Å². The predicted octanol–water partition coefficient (Wildman–Crippen LogP) is -1.87. The molecule has 0 aromatic rings. The lowest BCUT2D eigenvalue weighted by molar-refractivity contribution is 0.00230. The van der Waals surface area contributed by atoms with Crippen molar-refractivity contribution in [1.82, 2.24) is 0 Å². The van der Waals surface area contributed by atoms with Crippen LogP contribution in [0.15, 0.2) is 0 Å². The van der Waals surface area contributed by atoms with Gasteiger partial charge < -0.3 is 44.8 Å². The van der Waals surface area contributed by atoms with Crippen LogP contribution in [-0.2, 0) is 14.2 Å². The molecule has 0 spiro atoms. The van der Waals surface area contributed by atoms with Gasteiger partial charge in [-0.2, -0.15) is 0 Å². The molecule has 0 aromatic carbocycles. The van der Waals surface area contributed by atoms with Crippen LogP contribution < -0.4 is 0 Å². The average Bonchev–Trinajstić information content (AvgIpc) is 2.59. The minimum Gasteiger partial charge on any atom is -0.396 e. The van der Waals surface area contributed by atoms with E-state index in [-0.39, 0.29) is 33.0 Å². The van der Waals surface area contributed by atoms with Gasteiger partial charge in [0.05, 0.1) is 65.6 Å². The fraction of sp³-hybridized carbons (Fsp3) is 1.00. The number of aliphatic hydroxyl groups is 6. The second-order valence-electron chi connectivity index (χ2n) is 4.47. The molecule has 0 amide bonds. The largest absolute Gasteiger partial charge is 0.396 e. The van der Waals surface area contributed by atoms with Gasteiger partial charge in [0.25, 0.3) is 0 Å². The summed E-state index contributed by atoms with van der Waals surface area (Å²) in [6.07, 6.45) is 0.877. The molecular weight excluding hydrogens is 324 g/mol. The summed E-state index contributed by atoms with van der Waals surface area (Å²) < 4.78 is 15.0. The van der Waals surface area contributed by atoms with Gasteiger partial charge in [-0.1, -0.05) is 0 Å². The second-order valence-corrected chi connectivity index (χ2v) is 4.47. The molecule has 0 saturated heterocycles. The van der Waals surface area contributed by atoms with Crippen molar-refractivity contribution >= 4 is 0 Å². The first-order valence-electron chi connectivity index (χ1n) is 8.06. The maximum Gasteiger partial charge on any atom is 0.0742 e. The van der Waals surface area contributed by atoms with Crippen molar-refractivity contribution in [3.05, 3.63) is 0 Å². The van der Waals surface area contributed by atoms with Crippen molar-refractivity contribution in [3.63, 3.8) is 0 Å². The lowest BCUT2D eigenvalue weighted by Crippen LogP contribution is -2.11. The molecule has 0 bridgehead atoms. The molecule has 1 atom stereocenters. The van der Waals surface area contributed by atoms with Gasteiger partial charge in [0, 0.05) is 13.2 Å². The SMILES string of the molecule is CC(O)CO.OCCCCO.OCCOCCOCCOCCO. The Morgan fingerprint density at radius 3 is 1.08 bits per heavy atom. The van der Waals surface area contributed by atoms with Crippen LogP contribution in [0.3, 0.4) is 0 Å². The molecule has 0 heterocycles. The van der Waals surface area contributed by atoms with E-state index in [9.17, 15) is 0 Å². The summed E-state index contributed by atoms with van der Waals surface area (Å²) in [7, 11) is 0. The van der Waals surface area contributed by atoms with Crippen molar-refractivity contribution in [3.8, 4) is 0 Å². The third-order valence-electron chi connectivity index (χ3n) is 2.05. The van der Waals surface area contributed by atoms with Crippen LogP contribution in [0, 0.1) is 0 Å². The molecule has 0 aliphatic rings. The Balaban J connectivity index is -0.000000332. The van der Waals surface area contributed by atoms with Crippen molar-refractivity contribution in [2.75, 3.05) is 72.7 Å². The van der Waals surface area contributed by atoms with Crippen molar-refractivity contribution in [1.29, 1.82) is 0 Å². The molecule has 0 aromatic heterocycles. The van der Waals surface area contributed by atoms with E-state index in [1.54, 1.807) is 0 Å². The molecule has 0 fully saturated rings. The summed E-state index contributed by atoms with van der Waals surface area (Å²) in [5, 5.41) is 48.9. The number of unbranched alkanes of at least 4 members (excludes halogenated alkanes) is 1. The third-order valence-corrected chi connectivity index (χ3v) is 2.05. The average molecular weight is 360 g/mol. The normalized spacial score (nSPS) is 11.1. The van der Waals surface area contributed by atoms with Crippen LogP contribution >= 0.6 is 0 Å². The zero-order valence-electron chi connectivity index (χ0n) is 14.7. The van der Waals surface area contributed by atoms with Gasteiger partial charge in [-0.05, 0) is 19.8 Å². The summed E-state index contributed by atoms with van der Waals surface area (Å²) in [6.45, 7) is 4.54. The van der Waals surface area contributed by atoms with Crippen molar-refractivity contribution in [2.24, 2.45) is 0 Å². The number of aliphatic hydroxyl groups excluding tert-OH is 6. The molecule has 1 unspecified atom stereocenters. The maximum atomic E-state index is 8.36.